The van der Waals surface area contributed by atoms with Crippen molar-refractivity contribution >= 4 is 34.0 Å². The second-order valence-electron chi connectivity index (χ2n) is 3.77. The van der Waals surface area contributed by atoms with Crippen LogP contribution in [0.15, 0.2) is 18.5 Å². The van der Waals surface area contributed by atoms with E-state index in [2.05, 4.69) is 22.1 Å². The Balaban J connectivity index is 2.13. The lowest BCUT2D eigenvalue weighted by Gasteiger charge is -2.04. The minimum Gasteiger partial charge on any atom is -0.384 e. The molecule has 1 amide bonds. The molecule has 2 N–H and O–H groups in total. The fraction of sp³-hybridized carbons (Fsp3) is 0.231. The first-order valence-corrected chi connectivity index (χ1v) is 7.06. The van der Waals surface area contributed by atoms with Crippen LogP contribution in [0.25, 0.3) is 0 Å². The van der Waals surface area contributed by atoms with E-state index in [4.69, 9.17) is 16.7 Å². The van der Waals surface area contributed by atoms with Gasteiger partial charge in [-0.15, -0.1) is 0 Å². The normalized spacial score (nSPS) is 9.95. The first kappa shape index (κ1) is 14.6. The molecule has 2 heterocycles. The molecule has 5 nitrogen and oxygen atoms in total. The highest BCUT2D eigenvalue weighted by molar-refractivity contribution is 7.16. The number of nitrogens with one attached hydrogen (secondary N) is 1. The number of halogens is 1. The maximum absolute atomic E-state index is 12.1. The summed E-state index contributed by atoms with van der Waals surface area (Å²) in [6.45, 7) is 2.38. The molecular weight excluding hydrogens is 298 g/mol. The van der Waals surface area contributed by atoms with E-state index in [-0.39, 0.29) is 12.5 Å². The Morgan fingerprint density at radius 1 is 1.65 bits per heavy atom. The number of carbonyl (C=O) groups excluding carboxylic acids is 1. The topological polar surface area (TPSA) is 67.2 Å². The molecule has 0 aliphatic heterocycles. The highest BCUT2D eigenvalue weighted by Crippen LogP contribution is 2.19. The lowest BCUT2D eigenvalue weighted by molar-refractivity contribution is 0.101. The number of nitrogens with zero attached hydrogens (tertiary/aromatic N) is 2. The van der Waals surface area contributed by atoms with Crippen molar-refractivity contribution in [2.45, 2.75) is 13.5 Å². The number of anilines is 1. The average molecular weight is 310 g/mol. The Kier molecular flexibility index (Phi) is 4.79. The molecule has 104 valence electrons. The van der Waals surface area contributed by atoms with Gasteiger partial charge in [-0.25, -0.2) is 4.98 Å². The smallest absolute Gasteiger partial charge is 0.274 e. The van der Waals surface area contributed by atoms with Crippen LogP contribution in [0.1, 0.15) is 22.3 Å². The maximum Gasteiger partial charge on any atom is 0.274 e. The Bertz CT molecular complexity index is 681. The van der Waals surface area contributed by atoms with E-state index in [1.807, 2.05) is 6.92 Å². The molecule has 0 radical (unpaired) electrons. The van der Waals surface area contributed by atoms with Gasteiger partial charge in [0.05, 0.1) is 16.1 Å². The third-order valence-corrected chi connectivity index (χ3v) is 3.49. The van der Waals surface area contributed by atoms with E-state index < -0.39 is 0 Å². The van der Waals surface area contributed by atoms with Gasteiger partial charge in [-0.05, 0) is 13.0 Å². The molecule has 0 saturated carbocycles. The lowest BCUT2D eigenvalue weighted by Crippen LogP contribution is -2.16. The summed E-state index contributed by atoms with van der Waals surface area (Å²) in [5.74, 6) is 4.99. The fourth-order valence-electron chi connectivity index (χ4n) is 1.60. The number of hydrogen-bond acceptors (Lipinski definition) is 4. The monoisotopic (exact) mass is 309 g/mol. The van der Waals surface area contributed by atoms with Crippen molar-refractivity contribution in [3.63, 3.8) is 0 Å². The Hall–Kier alpha value is -1.81. The van der Waals surface area contributed by atoms with Crippen LogP contribution in [0, 0.1) is 11.8 Å². The lowest BCUT2D eigenvalue weighted by atomic mass is 10.4. The molecule has 2 aromatic rings. The third-order valence-electron chi connectivity index (χ3n) is 2.45. The van der Waals surface area contributed by atoms with Crippen LogP contribution in [-0.4, -0.2) is 27.2 Å². The summed E-state index contributed by atoms with van der Waals surface area (Å²) in [4.78, 5) is 16.9. The summed E-state index contributed by atoms with van der Waals surface area (Å²) < 4.78 is 1.76. The largest absolute Gasteiger partial charge is 0.384 e. The summed E-state index contributed by atoms with van der Waals surface area (Å²) in [7, 11) is 0. The summed E-state index contributed by atoms with van der Waals surface area (Å²) in [5, 5.41) is 12.3. The minimum absolute atomic E-state index is 0.206. The molecule has 2 aromatic heterocycles. The van der Waals surface area contributed by atoms with E-state index in [0.29, 0.717) is 27.3 Å². The van der Waals surface area contributed by atoms with E-state index in [1.54, 1.807) is 23.0 Å². The van der Waals surface area contributed by atoms with E-state index in [0.717, 1.165) is 0 Å². The van der Waals surface area contributed by atoms with Gasteiger partial charge in [-0.2, -0.15) is 0 Å². The molecule has 0 aliphatic rings. The second kappa shape index (κ2) is 6.57. The predicted octanol–water partition coefficient (Wildman–Crippen LogP) is 2.21. The van der Waals surface area contributed by atoms with Gasteiger partial charge in [0.15, 0.2) is 5.13 Å². The SMILES string of the molecule is CCn1cc(Cl)cc1C(=O)Nc1ncc(C#CCO)s1. The van der Waals surface area contributed by atoms with Crippen LogP contribution in [0.3, 0.4) is 0 Å². The highest BCUT2D eigenvalue weighted by atomic mass is 35.5. The summed E-state index contributed by atoms with van der Waals surface area (Å²) in [5.41, 5.74) is 0.482. The summed E-state index contributed by atoms with van der Waals surface area (Å²) in [6, 6.07) is 1.61. The van der Waals surface area contributed by atoms with Crippen molar-refractivity contribution < 1.29 is 9.90 Å². The predicted molar refractivity (Wildman–Crippen MR) is 79.1 cm³/mol. The highest BCUT2D eigenvalue weighted by Gasteiger charge is 2.14. The van der Waals surface area contributed by atoms with E-state index >= 15 is 0 Å². The van der Waals surface area contributed by atoms with Crippen molar-refractivity contribution in [3.8, 4) is 11.8 Å². The van der Waals surface area contributed by atoms with Crippen LogP contribution in [-0.2, 0) is 6.54 Å². The number of hydrogen-bond donors (Lipinski definition) is 2. The molecule has 0 spiro atoms. The molecule has 0 bridgehead atoms. The van der Waals surface area contributed by atoms with Crippen LogP contribution in [0.4, 0.5) is 5.13 Å². The van der Waals surface area contributed by atoms with Crippen LogP contribution < -0.4 is 5.32 Å². The quantitative estimate of drug-likeness (QED) is 0.854. The van der Waals surface area contributed by atoms with Crippen molar-refractivity contribution in [2.75, 3.05) is 11.9 Å². The van der Waals surface area contributed by atoms with Crippen LogP contribution in [0.2, 0.25) is 5.02 Å². The second-order valence-corrected chi connectivity index (χ2v) is 5.24. The van der Waals surface area contributed by atoms with Gasteiger partial charge < -0.3 is 9.67 Å². The van der Waals surface area contributed by atoms with Crippen molar-refractivity contribution in [3.05, 3.63) is 34.1 Å². The number of aromatic nitrogens is 2. The average Bonchev–Trinajstić information content (AvgIpc) is 3.02. The van der Waals surface area contributed by atoms with Gasteiger partial charge >= 0.3 is 0 Å². The zero-order chi connectivity index (χ0) is 14.5. The molecule has 20 heavy (non-hydrogen) atoms. The number of amides is 1. The fourth-order valence-corrected chi connectivity index (χ4v) is 2.51. The molecule has 0 unspecified atom stereocenters. The van der Waals surface area contributed by atoms with Gasteiger partial charge in [-0.3, -0.25) is 10.1 Å². The molecule has 0 aromatic carbocycles. The zero-order valence-corrected chi connectivity index (χ0v) is 12.3. The first-order chi connectivity index (χ1) is 9.63. The minimum atomic E-state index is -0.269. The van der Waals surface area contributed by atoms with Gasteiger partial charge in [0, 0.05) is 12.7 Å². The molecule has 7 heteroatoms. The first-order valence-electron chi connectivity index (χ1n) is 5.86. The standard InChI is InChI=1S/C13H12ClN3O2S/c1-2-17-8-9(14)6-11(17)12(19)16-13-15-7-10(20-13)4-3-5-18/h6-8,18H,2,5H2,1H3,(H,15,16,19). The van der Waals surface area contributed by atoms with Gasteiger partial charge in [-0.1, -0.05) is 34.8 Å². The zero-order valence-electron chi connectivity index (χ0n) is 10.7. The molecule has 0 fully saturated rings. The van der Waals surface area contributed by atoms with Gasteiger partial charge in [0.25, 0.3) is 5.91 Å². The van der Waals surface area contributed by atoms with E-state index in [1.165, 1.54) is 11.3 Å². The van der Waals surface area contributed by atoms with Crippen LogP contribution >= 0.6 is 22.9 Å². The number of aryl methyl sites for hydroxylation is 1. The molecular formula is C13H12ClN3O2S. The van der Waals surface area contributed by atoms with E-state index in [9.17, 15) is 4.79 Å². The summed E-state index contributed by atoms with van der Waals surface area (Å²) >= 11 is 7.14. The number of aliphatic hydroxyl groups excluding tert-OH is 1. The Morgan fingerprint density at radius 2 is 2.45 bits per heavy atom. The number of carbonyl (C=O) groups is 1. The molecule has 0 atom stereocenters. The number of thiazole rings is 1. The molecule has 2 rings (SSSR count). The van der Waals surface area contributed by atoms with Crippen molar-refractivity contribution in [1.82, 2.24) is 9.55 Å². The van der Waals surface area contributed by atoms with Gasteiger partial charge in [0.2, 0.25) is 0 Å². The Labute approximate surface area is 125 Å². The Morgan fingerprint density at radius 3 is 3.15 bits per heavy atom. The molecule has 0 aliphatic carbocycles. The molecule has 0 saturated heterocycles. The van der Waals surface area contributed by atoms with Crippen molar-refractivity contribution in [2.24, 2.45) is 0 Å². The maximum atomic E-state index is 12.1. The number of rotatable bonds is 3. The van der Waals surface area contributed by atoms with Gasteiger partial charge in [0.1, 0.15) is 12.3 Å². The number of aliphatic hydroxyl groups is 1. The van der Waals surface area contributed by atoms with Crippen LogP contribution in [0.5, 0.6) is 0 Å². The summed E-state index contributed by atoms with van der Waals surface area (Å²) in [6.07, 6.45) is 3.26. The van der Waals surface area contributed by atoms with Crippen molar-refractivity contribution in [1.29, 1.82) is 0 Å². The third kappa shape index (κ3) is 3.39.